The van der Waals surface area contributed by atoms with Crippen LogP contribution in [0.3, 0.4) is 0 Å². The summed E-state index contributed by atoms with van der Waals surface area (Å²) < 4.78 is 9.48. The number of rotatable bonds is 6. The Kier molecular flexibility index (Phi) is 9.22. The van der Waals surface area contributed by atoms with Crippen molar-refractivity contribution in [1.29, 1.82) is 0 Å². The molecule has 11 rings (SSSR count). The molecule has 1 fully saturated rings. The molecule has 0 unspecified atom stereocenters. The van der Waals surface area contributed by atoms with Gasteiger partial charge in [-0.15, -0.1) is 0 Å². The van der Waals surface area contributed by atoms with E-state index in [1.54, 1.807) is 0 Å². The van der Waals surface area contributed by atoms with Crippen LogP contribution in [-0.2, 0) is 15.6 Å². The molecule has 2 aliphatic heterocycles. The first kappa shape index (κ1) is 38.5. The van der Waals surface area contributed by atoms with Gasteiger partial charge in [0.2, 0.25) is 5.90 Å². The lowest BCUT2D eigenvalue weighted by atomic mass is 9.73. The lowest BCUT2D eigenvalue weighted by Gasteiger charge is -2.42. The first-order valence-corrected chi connectivity index (χ1v) is 22.6. The van der Waals surface area contributed by atoms with Crippen molar-refractivity contribution in [2.24, 2.45) is 10.9 Å². The second kappa shape index (κ2) is 14.9. The summed E-state index contributed by atoms with van der Waals surface area (Å²) in [6.45, 7) is 11.6. The van der Waals surface area contributed by atoms with Crippen LogP contribution in [0, 0.1) is 5.92 Å². The van der Waals surface area contributed by atoms with Crippen LogP contribution in [0.4, 0.5) is 17.1 Å². The number of nitrogens with zero attached hydrogens (tertiary/aromatic N) is 4. The van der Waals surface area contributed by atoms with E-state index in [0.717, 1.165) is 50.8 Å². The molecule has 2 aromatic heterocycles. The highest BCUT2D eigenvalue weighted by Gasteiger charge is 2.41. The van der Waals surface area contributed by atoms with Gasteiger partial charge >= 0.3 is 0 Å². The zero-order chi connectivity index (χ0) is 42.2. The quantitative estimate of drug-likeness (QED) is 0.168. The van der Waals surface area contributed by atoms with Gasteiger partial charge in [-0.3, -0.25) is 4.57 Å². The number of benzene rings is 6. The molecule has 308 valence electrons. The standard InChI is InChI=1S/C57H54N4O/c1-56(2,3)42-29-30-58-52(34-42)61-48-27-17-15-25-44(48)45-35-47-51(36-50(45)61)60(49-28-18-16-26-46(49)57(47,4)5)43-32-40(37-19-9-6-10-20-37)31-41(33-43)55-59-53(38-21-11-7-12-22-38)54(62-55)39-23-13-8-14-24-39/h6,8-10,13-20,23-36,38,53-54H,7,11-12,21-22H2,1-5H3/t53-,54-/m1/s1. The van der Waals surface area contributed by atoms with Gasteiger partial charge in [0.1, 0.15) is 11.9 Å². The highest BCUT2D eigenvalue weighted by molar-refractivity contribution is 6.11. The summed E-state index contributed by atoms with van der Waals surface area (Å²) in [6, 6.07) is 55.6. The van der Waals surface area contributed by atoms with Crippen molar-refractivity contribution >= 4 is 44.8 Å². The van der Waals surface area contributed by atoms with Gasteiger partial charge in [0.25, 0.3) is 0 Å². The van der Waals surface area contributed by atoms with Crippen molar-refractivity contribution in [3.63, 3.8) is 0 Å². The van der Waals surface area contributed by atoms with Crippen LogP contribution in [0.1, 0.15) is 101 Å². The Hall–Kier alpha value is -6.46. The van der Waals surface area contributed by atoms with E-state index in [1.165, 1.54) is 70.8 Å². The summed E-state index contributed by atoms with van der Waals surface area (Å²) in [5.74, 6) is 2.16. The maximum absolute atomic E-state index is 7.12. The molecule has 0 amide bonds. The fourth-order valence-corrected chi connectivity index (χ4v) is 10.7. The van der Waals surface area contributed by atoms with Crippen LogP contribution in [0.5, 0.6) is 0 Å². The Bertz CT molecular complexity index is 3000. The van der Waals surface area contributed by atoms with E-state index in [-0.39, 0.29) is 23.0 Å². The second-order valence-electron chi connectivity index (χ2n) is 19.3. The van der Waals surface area contributed by atoms with Crippen LogP contribution < -0.4 is 4.90 Å². The largest absolute Gasteiger partial charge is 0.467 e. The van der Waals surface area contributed by atoms with E-state index < -0.39 is 0 Å². The van der Waals surface area contributed by atoms with Crippen molar-refractivity contribution in [1.82, 2.24) is 9.55 Å². The molecule has 3 aliphatic rings. The number of para-hydroxylation sites is 2. The highest BCUT2D eigenvalue weighted by atomic mass is 16.5. The highest BCUT2D eigenvalue weighted by Crippen LogP contribution is 2.54. The first-order chi connectivity index (χ1) is 30.1. The Balaban J connectivity index is 1.15. The minimum atomic E-state index is -0.279. The topological polar surface area (TPSA) is 42.7 Å². The zero-order valence-corrected chi connectivity index (χ0v) is 36.5. The maximum Gasteiger partial charge on any atom is 0.217 e. The lowest BCUT2D eigenvalue weighted by Crippen LogP contribution is -2.30. The third-order valence-corrected chi connectivity index (χ3v) is 14.0. The van der Waals surface area contributed by atoms with Crippen molar-refractivity contribution < 1.29 is 4.74 Å². The van der Waals surface area contributed by atoms with Gasteiger partial charge in [-0.1, -0.05) is 151 Å². The molecule has 5 heteroatoms. The Morgan fingerprint density at radius 3 is 2.11 bits per heavy atom. The van der Waals surface area contributed by atoms with Gasteiger partial charge in [-0.2, -0.15) is 0 Å². The molecule has 0 saturated heterocycles. The molecule has 0 spiro atoms. The van der Waals surface area contributed by atoms with Gasteiger partial charge in [0.05, 0.1) is 28.5 Å². The van der Waals surface area contributed by atoms with E-state index in [0.29, 0.717) is 5.92 Å². The van der Waals surface area contributed by atoms with Crippen molar-refractivity contribution in [3.8, 4) is 16.9 Å². The van der Waals surface area contributed by atoms with E-state index in [1.807, 2.05) is 6.20 Å². The van der Waals surface area contributed by atoms with Crippen LogP contribution in [0.25, 0.3) is 38.8 Å². The number of pyridine rings is 1. The molecule has 0 N–H and O–H groups in total. The third-order valence-electron chi connectivity index (χ3n) is 14.0. The van der Waals surface area contributed by atoms with E-state index in [4.69, 9.17) is 14.7 Å². The van der Waals surface area contributed by atoms with Crippen molar-refractivity contribution in [3.05, 3.63) is 186 Å². The number of aromatic nitrogens is 2. The maximum atomic E-state index is 7.12. The van der Waals surface area contributed by atoms with Crippen molar-refractivity contribution in [2.45, 2.75) is 89.7 Å². The van der Waals surface area contributed by atoms with Gasteiger partial charge in [0.15, 0.2) is 0 Å². The van der Waals surface area contributed by atoms with Gasteiger partial charge in [-0.25, -0.2) is 9.98 Å². The zero-order valence-electron chi connectivity index (χ0n) is 36.5. The average molecular weight is 811 g/mol. The predicted molar refractivity (Wildman–Crippen MR) is 257 cm³/mol. The Morgan fingerprint density at radius 2 is 1.32 bits per heavy atom. The normalized spacial score (nSPS) is 18.7. The molecule has 4 heterocycles. The fourth-order valence-electron chi connectivity index (χ4n) is 10.7. The summed E-state index contributed by atoms with van der Waals surface area (Å²) in [5, 5.41) is 2.45. The molecular weight excluding hydrogens is 757 g/mol. The number of hydrogen-bond donors (Lipinski definition) is 0. The number of ether oxygens (including phenoxy) is 1. The molecule has 62 heavy (non-hydrogen) atoms. The third kappa shape index (κ3) is 6.44. The van der Waals surface area contributed by atoms with Gasteiger partial charge in [0, 0.05) is 33.6 Å². The molecule has 5 nitrogen and oxygen atoms in total. The SMILES string of the molecule is CC(C)(C)c1ccnc(-n2c3ccccc3c3cc4c(cc32)N(c2cc(C3=N[C@H](C5CCCCC5)[C@@H](c5ccccc5)O3)cc(-c3ccccc3)c2)c2ccccc2C4(C)C)c1. The summed E-state index contributed by atoms with van der Waals surface area (Å²) in [5.41, 5.74) is 13.7. The van der Waals surface area contributed by atoms with E-state index in [2.05, 4.69) is 196 Å². The minimum Gasteiger partial charge on any atom is -0.467 e. The molecule has 0 bridgehead atoms. The molecule has 6 aromatic carbocycles. The first-order valence-electron chi connectivity index (χ1n) is 22.6. The average Bonchev–Trinajstić information content (AvgIpc) is 3.90. The number of anilines is 3. The van der Waals surface area contributed by atoms with E-state index in [9.17, 15) is 0 Å². The van der Waals surface area contributed by atoms with Crippen LogP contribution in [0.2, 0.25) is 0 Å². The minimum absolute atomic E-state index is 0.0213. The van der Waals surface area contributed by atoms with Crippen LogP contribution in [0.15, 0.2) is 163 Å². The smallest absolute Gasteiger partial charge is 0.217 e. The monoisotopic (exact) mass is 810 g/mol. The molecule has 0 radical (unpaired) electrons. The summed E-state index contributed by atoms with van der Waals surface area (Å²) in [6.07, 6.45) is 8.07. The Labute approximate surface area is 365 Å². The van der Waals surface area contributed by atoms with Gasteiger partial charge in [-0.05, 0) is 112 Å². The summed E-state index contributed by atoms with van der Waals surface area (Å²) in [4.78, 5) is 13.1. The molecule has 2 atom stereocenters. The van der Waals surface area contributed by atoms with Crippen LogP contribution >= 0.6 is 0 Å². The number of hydrogen-bond acceptors (Lipinski definition) is 4. The summed E-state index contributed by atoms with van der Waals surface area (Å²) in [7, 11) is 0. The number of aliphatic imine (C=N–C) groups is 1. The molecule has 1 aliphatic carbocycles. The summed E-state index contributed by atoms with van der Waals surface area (Å²) >= 11 is 0. The number of fused-ring (bicyclic) bond motifs is 5. The fraction of sp³-hybridized carbons (Fsp3) is 0.263. The molecule has 8 aromatic rings. The van der Waals surface area contributed by atoms with E-state index >= 15 is 0 Å². The molecule has 1 saturated carbocycles. The lowest BCUT2D eigenvalue weighted by molar-refractivity contribution is 0.150. The second-order valence-corrected chi connectivity index (χ2v) is 19.3. The predicted octanol–water partition coefficient (Wildman–Crippen LogP) is 14.7. The molecular formula is C57H54N4O. The van der Waals surface area contributed by atoms with Crippen molar-refractivity contribution in [2.75, 3.05) is 4.90 Å². The Morgan fingerprint density at radius 1 is 0.613 bits per heavy atom. The van der Waals surface area contributed by atoms with Gasteiger partial charge < -0.3 is 9.64 Å². The van der Waals surface area contributed by atoms with Crippen LogP contribution in [-0.4, -0.2) is 21.5 Å².